The predicted molar refractivity (Wildman–Crippen MR) is 61.1 cm³/mol. The Bertz CT molecular complexity index is 328. The molecule has 0 aliphatic carbocycles. The Morgan fingerprint density at radius 1 is 1.76 bits per heavy atom. The lowest BCUT2D eigenvalue weighted by molar-refractivity contribution is -0.0524. The molecule has 3 atom stereocenters. The molecule has 1 unspecified atom stereocenters. The molecule has 0 saturated carbocycles. The second-order valence-electron chi connectivity index (χ2n) is 3.74. The normalized spacial score (nSPS) is 29.1. The number of urea groups is 1. The van der Waals surface area contributed by atoms with Crippen LogP contribution in [-0.2, 0) is 4.74 Å². The number of amidine groups is 1. The molecular weight excluding hydrogens is 226 g/mol. The maximum absolute atomic E-state index is 11.6. The molecule has 0 bridgehead atoms. The van der Waals surface area contributed by atoms with E-state index in [9.17, 15) is 9.90 Å². The summed E-state index contributed by atoms with van der Waals surface area (Å²) in [5, 5.41) is 18.5. The molecule has 0 aromatic carbocycles. The van der Waals surface area contributed by atoms with E-state index in [1.54, 1.807) is 0 Å². The van der Waals surface area contributed by atoms with Gasteiger partial charge in [0.2, 0.25) is 0 Å². The molecule has 0 aromatic rings. The van der Waals surface area contributed by atoms with Crippen LogP contribution in [-0.4, -0.2) is 52.0 Å². The van der Waals surface area contributed by atoms with Gasteiger partial charge in [-0.15, -0.1) is 0 Å². The Labute approximate surface area is 99.2 Å². The predicted octanol–water partition coefficient (Wildman–Crippen LogP) is -0.603. The zero-order chi connectivity index (χ0) is 13.0. The third-order valence-corrected chi connectivity index (χ3v) is 2.38. The van der Waals surface area contributed by atoms with Gasteiger partial charge in [0.05, 0.1) is 12.7 Å². The first-order valence-electron chi connectivity index (χ1n) is 5.19. The SMILES string of the molecule is C=CN(C(=O)/N=C(\C)N)[C@H]1C[C@@H](O)C(CO)O1. The standard InChI is InChI=1S/C10H17N3O4/c1-3-13(10(16)12-6(2)11)9-4-7(15)8(5-14)17-9/h3,7-9,14-15H,1,4-5H2,2H3,(H2,11,12,16)/t7-,8?,9-/m1/s1. The van der Waals surface area contributed by atoms with Crippen molar-refractivity contribution in [3.8, 4) is 0 Å². The van der Waals surface area contributed by atoms with Crippen LogP contribution in [0, 0.1) is 0 Å². The van der Waals surface area contributed by atoms with Gasteiger partial charge in [-0.05, 0) is 6.92 Å². The quantitative estimate of drug-likeness (QED) is 0.453. The van der Waals surface area contributed by atoms with E-state index < -0.39 is 24.5 Å². The van der Waals surface area contributed by atoms with Crippen LogP contribution in [0.4, 0.5) is 4.79 Å². The first-order chi connectivity index (χ1) is 7.99. The summed E-state index contributed by atoms with van der Waals surface area (Å²) in [6.07, 6.45) is -0.745. The van der Waals surface area contributed by atoms with Gasteiger partial charge < -0.3 is 20.7 Å². The zero-order valence-corrected chi connectivity index (χ0v) is 9.61. The van der Waals surface area contributed by atoms with Crippen LogP contribution >= 0.6 is 0 Å². The summed E-state index contributed by atoms with van der Waals surface area (Å²) in [5.41, 5.74) is 5.30. The highest BCUT2D eigenvalue weighted by Crippen LogP contribution is 2.23. The molecule has 7 heteroatoms. The average molecular weight is 243 g/mol. The van der Waals surface area contributed by atoms with Gasteiger partial charge in [-0.2, -0.15) is 4.99 Å². The molecule has 2 amide bonds. The topological polar surface area (TPSA) is 108 Å². The van der Waals surface area contributed by atoms with E-state index in [0.717, 1.165) is 4.90 Å². The van der Waals surface area contributed by atoms with Gasteiger partial charge in [0.1, 0.15) is 18.2 Å². The highest BCUT2D eigenvalue weighted by molar-refractivity contribution is 5.91. The van der Waals surface area contributed by atoms with Crippen molar-refractivity contribution in [1.29, 1.82) is 0 Å². The number of amides is 2. The van der Waals surface area contributed by atoms with E-state index in [-0.39, 0.29) is 18.9 Å². The van der Waals surface area contributed by atoms with Crippen molar-refractivity contribution in [3.05, 3.63) is 12.8 Å². The minimum atomic E-state index is -0.816. The maximum atomic E-state index is 11.6. The fourth-order valence-corrected chi connectivity index (χ4v) is 1.58. The highest BCUT2D eigenvalue weighted by atomic mass is 16.5. The zero-order valence-electron chi connectivity index (χ0n) is 9.61. The summed E-state index contributed by atoms with van der Waals surface area (Å²) < 4.78 is 5.30. The molecule has 1 aliphatic heterocycles. The van der Waals surface area contributed by atoms with E-state index in [0.29, 0.717) is 0 Å². The van der Waals surface area contributed by atoms with Crippen LogP contribution in [0.1, 0.15) is 13.3 Å². The highest BCUT2D eigenvalue weighted by Gasteiger charge is 2.37. The number of aliphatic imine (C=N–C) groups is 1. The van der Waals surface area contributed by atoms with E-state index in [1.807, 2.05) is 0 Å². The lowest BCUT2D eigenvalue weighted by Gasteiger charge is -2.22. The molecule has 0 spiro atoms. The molecule has 4 N–H and O–H groups in total. The van der Waals surface area contributed by atoms with Crippen LogP contribution in [0.15, 0.2) is 17.8 Å². The van der Waals surface area contributed by atoms with Crippen LogP contribution in [0.25, 0.3) is 0 Å². The molecule has 17 heavy (non-hydrogen) atoms. The first kappa shape index (κ1) is 13.6. The number of hydrogen-bond acceptors (Lipinski definition) is 4. The van der Waals surface area contributed by atoms with Crippen molar-refractivity contribution in [3.63, 3.8) is 0 Å². The molecule has 1 rings (SSSR count). The molecule has 96 valence electrons. The van der Waals surface area contributed by atoms with Gasteiger partial charge in [-0.1, -0.05) is 6.58 Å². The third-order valence-electron chi connectivity index (χ3n) is 2.38. The van der Waals surface area contributed by atoms with Gasteiger partial charge >= 0.3 is 6.03 Å². The number of nitrogens with zero attached hydrogens (tertiary/aromatic N) is 2. The monoisotopic (exact) mass is 243 g/mol. The van der Waals surface area contributed by atoms with Gasteiger partial charge in [-0.3, -0.25) is 4.90 Å². The van der Waals surface area contributed by atoms with Gasteiger partial charge in [0.25, 0.3) is 0 Å². The molecule has 7 nitrogen and oxygen atoms in total. The largest absolute Gasteiger partial charge is 0.394 e. The molecule has 1 fully saturated rings. The summed E-state index contributed by atoms with van der Waals surface area (Å²) in [6, 6.07) is -0.615. The summed E-state index contributed by atoms with van der Waals surface area (Å²) in [7, 11) is 0. The summed E-state index contributed by atoms with van der Waals surface area (Å²) in [4.78, 5) is 16.3. The number of hydrogen-bond donors (Lipinski definition) is 3. The number of ether oxygens (including phenoxy) is 1. The number of nitrogens with two attached hydrogens (primary N) is 1. The Morgan fingerprint density at radius 3 is 2.82 bits per heavy atom. The van der Waals surface area contributed by atoms with Crippen molar-refractivity contribution in [1.82, 2.24) is 4.90 Å². The second-order valence-corrected chi connectivity index (χ2v) is 3.74. The summed E-state index contributed by atoms with van der Waals surface area (Å²) in [6.45, 7) is 4.66. The van der Waals surface area contributed by atoms with Gasteiger partial charge in [-0.25, -0.2) is 4.79 Å². The summed E-state index contributed by atoms with van der Waals surface area (Å²) >= 11 is 0. The number of aliphatic hydroxyl groups is 2. The van der Waals surface area contributed by atoms with E-state index in [2.05, 4.69) is 11.6 Å². The molecule has 1 aliphatic rings. The Balaban J connectivity index is 2.73. The van der Waals surface area contributed by atoms with Gasteiger partial charge in [0, 0.05) is 12.6 Å². The second kappa shape index (κ2) is 5.76. The third kappa shape index (κ3) is 3.26. The number of carbonyl (C=O) groups excluding carboxylic acids is 1. The Hall–Kier alpha value is -1.44. The van der Waals surface area contributed by atoms with E-state index in [1.165, 1.54) is 13.1 Å². The number of carbonyl (C=O) groups is 1. The average Bonchev–Trinajstić information content (AvgIpc) is 2.59. The van der Waals surface area contributed by atoms with E-state index >= 15 is 0 Å². The summed E-state index contributed by atoms with van der Waals surface area (Å²) in [5.74, 6) is 0.124. The smallest absolute Gasteiger partial charge is 0.351 e. The van der Waals surface area contributed by atoms with E-state index in [4.69, 9.17) is 15.6 Å². The van der Waals surface area contributed by atoms with Gasteiger partial charge in [0.15, 0.2) is 0 Å². The minimum Gasteiger partial charge on any atom is -0.394 e. The molecule has 1 saturated heterocycles. The van der Waals surface area contributed by atoms with Crippen LogP contribution in [0.5, 0.6) is 0 Å². The lowest BCUT2D eigenvalue weighted by Crippen LogP contribution is -2.35. The molecule has 1 heterocycles. The molecule has 0 radical (unpaired) electrons. The number of aliphatic hydroxyl groups excluding tert-OH is 2. The van der Waals surface area contributed by atoms with Crippen molar-refractivity contribution in [2.24, 2.45) is 10.7 Å². The molecular formula is C10H17N3O4. The van der Waals surface area contributed by atoms with Crippen molar-refractivity contribution < 1.29 is 19.7 Å². The fourth-order valence-electron chi connectivity index (χ4n) is 1.58. The van der Waals surface area contributed by atoms with Crippen molar-refractivity contribution in [2.75, 3.05) is 6.61 Å². The fraction of sp³-hybridized carbons (Fsp3) is 0.600. The first-order valence-corrected chi connectivity index (χ1v) is 5.19. The maximum Gasteiger partial charge on any atom is 0.351 e. The number of rotatable bonds is 3. The van der Waals surface area contributed by atoms with Crippen molar-refractivity contribution in [2.45, 2.75) is 31.8 Å². The minimum absolute atomic E-state index is 0.124. The lowest BCUT2D eigenvalue weighted by atomic mass is 10.2. The van der Waals surface area contributed by atoms with Crippen LogP contribution in [0.2, 0.25) is 0 Å². The van der Waals surface area contributed by atoms with Crippen molar-refractivity contribution >= 4 is 11.9 Å². The van der Waals surface area contributed by atoms with Crippen LogP contribution in [0.3, 0.4) is 0 Å². The molecule has 0 aromatic heterocycles. The Morgan fingerprint density at radius 2 is 2.41 bits per heavy atom. The Kier molecular flexibility index (Phi) is 4.62. The van der Waals surface area contributed by atoms with Crippen LogP contribution < -0.4 is 5.73 Å².